The molecule has 114 valence electrons. The van der Waals surface area contributed by atoms with Crippen LogP contribution in [0.1, 0.15) is 12.1 Å². The van der Waals surface area contributed by atoms with Crippen LogP contribution in [-0.4, -0.2) is 38.4 Å². The van der Waals surface area contributed by atoms with Crippen molar-refractivity contribution in [2.24, 2.45) is 0 Å². The van der Waals surface area contributed by atoms with Crippen molar-refractivity contribution in [2.45, 2.75) is 13.3 Å². The lowest BCUT2D eigenvalue weighted by atomic mass is 10.2. The SMILES string of the molecule is COCCNCCCOc1ccc(-c2nc(C)cs2)cc1. The first-order valence-corrected chi connectivity index (χ1v) is 8.02. The van der Waals surface area contributed by atoms with Crippen molar-refractivity contribution in [1.29, 1.82) is 0 Å². The Balaban J connectivity index is 1.70. The number of aryl methyl sites for hydroxylation is 1. The van der Waals surface area contributed by atoms with Crippen LogP contribution in [-0.2, 0) is 4.74 Å². The Bertz CT molecular complexity index is 525. The average molecular weight is 306 g/mol. The van der Waals surface area contributed by atoms with E-state index >= 15 is 0 Å². The topological polar surface area (TPSA) is 43.4 Å². The molecule has 0 atom stereocenters. The first kappa shape index (κ1) is 15.9. The van der Waals surface area contributed by atoms with Gasteiger partial charge in [-0.25, -0.2) is 4.98 Å². The zero-order valence-electron chi connectivity index (χ0n) is 12.6. The average Bonchev–Trinajstić information content (AvgIpc) is 2.93. The number of aromatic nitrogens is 1. The fraction of sp³-hybridized carbons (Fsp3) is 0.438. The first-order chi connectivity index (χ1) is 10.3. The smallest absolute Gasteiger partial charge is 0.123 e. The molecule has 1 heterocycles. The third-order valence-electron chi connectivity index (χ3n) is 2.97. The van der Waals surface area contributed by atoms with Crippen LogP contribution in [0.4, 0.5) is 0 Å². The van der Waals surface area contributed by atoms with E-state index < -0.39 is 0 Å². The van der Waals surface area contributed by atoms with E-state index in [0.717, 1.165) is 54.7 Å². The fourth-order valence-corrected chi connectivity index (χ4v) is 2.67. The minimum Gasteiger partial charge on any atom is -0.494 e. The normalized spacial score (nSPS) is 10.8. The molecule has 0 spiro atoms. The van der Waals surface area contributed by atoms with Crippen molar-refractivity contribution >= 4 is 11.3 Å². The molecule has 0 bridgehead atoms. The van der Waals surface area contributed by atoms with Gasteiger partial charge in [-0.2, -0.15) is 0 Å². The molecule has 0 aliphatic rings. The van der Waals surface area contributed by atoms with Gasteiger partial charge in [-0.1, -0.05) is 0 Å². The molecule has 2 rings (SSSR count). The summed E-state index contributed by atoms with van der Waals surface area (Å²) in [6.07, 6.45) is 0.983. The molecule has 21 heavy (non-hydrogen) atoms. The van der Waals surface area contributed by atoms with Crippen LogP contribution >= 0.6 is 11.3 Å². The lowest BCUT2D eigenvalue weighted by Crippen LogP contribution is -2.21. The van der Waals surface area contributed by atoms with Gasteiger partial charge in [-0.05, 0) is 44.2 Å². The van der Waals surface area contributed by atoms with E-state index in [0.29, 0.717) is 0 Å². The molecule has 4 nitrogen and oxygen atoms in total. The van der Waals surface area contributed by atoms with Crippen LogP contribution < -0.4 is 10.1 Å². The molecule has 1 N–H and O–H groups in total. The summed E-state index contributed by atoms with van der Waals surface area (Å²) in [7, 11) is 1.71. The Morgan fingerprint density at radius 2 is 1.95 bits per heavy atom. The monoisotopic (exact) mass is 306 g/mol. The predicted octanol–water partition coefficient (Wildman–Crippen LogP) is 3.12. The van der Waals surface area contributed by atoms with Crippen LogP contribution in [0, 0.1) is 6.92 Å². The van der Waals surface area contributed by atoms with E-state index in [1.165, 1.54) is 0 Å². The molecule has 1 aromatic heterocycles. The van der Waals surface area contributed by atoms with E-state index in [1.54, 1.807) is 18.4 Å². The number of ether oxygens (including phenoxy) is 2. The molecule has 0 amide bonds. The van der Waals surface area contributed by atoms with Crippen LogP contribution in [0.15, 0.2) is 29.6 Å². The number of nitrogens with zero attached hydrogens (tertiary/aromatic N) is 1. The van der Waals surface area contributed by atoms with E-state index in [2.05, 4.69) is 27.8 Å². The van der Waals surface area contributed by atoms with Gasteiger partial charge in [0, 0.05) is 30.3 Å². The van der Waals surface area contributed by atoms with Crippen molar-refractivity contribution in [2.75, 3.05) is 33.4 Å². The summed E-state index contributed by atoms with van der Waals surface area (Å²) >= 11 is 1.67. The molecule has 0 saturated carbocycles. The van der Waals surface area contributed by atoms with E-state index in [4.69, 9.17) is 9.47 Å². The molecule has 0 unspecified atom stereocenters. The Morgan fingerprint density at radius 1 is 1.14 bits per heavy atom. The lowest BCUT2D eigenvalue weighted by molar-refractivity contribution is 0.198. The molecule has 1 aromatic carbocycles. The number of rotatable bonds is 9. The van der Waals surface area contributed by atoms with Gasteiger partial charge in [0.2, 0.25) is 0 Å². The van der Waals surface area contributed by atoms with Gasteiger partial charge in [0.1, 0.15) is 10.8 Å². The van der Waals surface area contributed by atoms with Gasteiger partial charge in [-0.3, -0.25) is 0 Å². The zero-order chi connectivity index (χ0) is 14.9. The summed E-state index contributed by atoms with van der Waals surface area (Å²) in [5.74, 6) is 0.906. The van der Waals surface area contributed by atoms with Gasteiger partial charge in [0.25, 0.3) is 0 Å². The zero-order valence-corrected chi connectivity index (χ0v) is 13.4. The highest BCUT2D eigenvalue weighted by molar-refractivity contribution is 7.13. The minimum absolute atomic E-state index is 0.718. The number of benzene rings is 1. The van der Waals surface area contributed by atoms with Crippen LogP contribution in [0.2, 0.25) is 0 Å². The van der Waals surface area contributed by atoms with Crippen LogP contribution in [0.3, 0.4) is 0 Å². The van der Waals surface area contributed by atoms with Crippen molar-refractivity contribution in [3.05, 3.63) is 35.3 Å². The molecule has 0 aliphatic carbocycles. The minimum atomic E-state index is 0.718. The maximum Gasteiger partial charge on any atom is 0.123 e. The lowest BCUT2D eigenvalue weighted by Gasteiger charge is -2.07. The summed E-state index contributed by atoms with van der Waals surface area (Å²) < 4.78 is 10.7. The molecular weight excluding hydrogens is 284 g/mol. The van der Waals surface area contributed by atoms with Crippen molar-refractivity contribution < 1.29 is 9.47 Å². The third-order valence-corrected chi connectivity index (χ3v) is 3.98. The summed E-state index contributed by atoms with van der Waals surface area (Å²) in [6.45, 7) is 5.31. The molecular formula is C16H22N2O2S. The maximum absolute atomic E-state index is 5.72. The van der Waals surface area contributed by atoms with E-state index in [-0.39, 0.29) is 0 Å². The number of methoxy groups -OCH3 is 1. The molecule has 0 saturated heterocycles. The van der Waals surface area contributed by atoms with Gasteiger partial charge >= 0.3 is 0 Å². The fourth-order valence-electron chi connectivity index (χ4n) is 1.87. The van der Waals surface area contributed by atoms with Crippen LogP contribution in [0.5, 0.6) is 5.75 Å². The number of hydrogen-bond acceptors (Lipinski definition) is 5. The first-order valence-electron chi connectivity index (χ1n) is 7.14. The highest BCUT2D eigenvalue weighted by Crippen LogP contribution is 2.25. The van der Waals surface area contributed by atoms with Gasteiger partial charge in [-0.15, -0.1) is 11.3 Å². The Kier molecular flexibility index (Phi) is 6.66. The number of thiazole rings is 1. The van der Waals surface area contributed by atoms with E-state index in [9.17, 15) is 0 Å². The Hall–Kier alpha value is -1.43. The maximum atomic E-state index is 5.72. The Morgan fingerprint density at radius 3 is 2.62 bits per heavy atom. The summed E-state index contributed by atoms with van der Waals surface area (Å²) in [5, 5.41) is 6.42. The van der Waals surface area contributed by atoms with Crippen LogP contribution in [0.25, 0.3) is 10.6 Å². The van der Waals surface area contributed by atoms with Gasteiger partial charge < -0.3 is 14.8 Å². The van der Waals surface area contributed by atoms with Crippen molar-refractivity contribution in [3.63, 3.8) is 0 Å². The van der Waals surface area contributed by atoms with Gasteiger partial charge in [0.15, 0.2) is 0 Å². The quantitative estimate of drug-likeness (QED) is 0.723. The highest BCUT2D eigenvalue weighted by atomic mass is 32.1. The molecule has 0 radical (unpaired) electrons. The molecule has 2 aromatic rings. The third kappa shape index (κ3) is 5.46. The van der Waals surface area contributed by atoms with Crippen molar-refractivity contribution in [3.8, 4) is 16.3 Å². The standard InChI is InChI=1S/C16H22N2O2S/c1-13-12-21-16(18-13)14-4-6-15(7-5-14)20-10-3-8-17-9-11-19-2/h4-7,12,17H,3,8-11H2,1-2H3. The second-order valence-corrected chi connectivity index (χ2v) is 5.62. The summed E-state index contributed by atoms with van der Waals surface area (Å²) in [4.78, 5) is 4.48. The molecule has 0 fully saturated rings. The predicted molar refractivity (Wildman–Crippen MR) is 87.1 cm³/mol. The summed E-state index contributed by atoms with van der Waals surface area (Å²) in [6, 6.07) is 8.13. The highest BCUT2D eigenvalue weighted by Gasteiger charge is 2.02. The second-order valence-electron chi connectivity index (χ2n) is 4.76. The second kappa shape index (κ2) is 8.77. The van der Waals surface area contributed by atoms with E-state index in [1.807, 2.05) is 19.1 Å². The molecule has 0 aliphatic heterocycles. The number of nitrogens with one attached hydrogen (secondary N) is 1. The number of hydrogen-bond donors (Lipinski definition) is 1. The summed E-state index contributed by atoms with van der Waals surface area (Å²) in [5.41, 5.74) is 2.21. The van der Waals surface area contributed by atoms with Gasteiger partial charge in [0.05, 0.1) is 13.2 Å². The Labute approximate surface area is 130 Å². The molecule has 5 heteroatoms. The van der Waals surface area contributed by atoms with Crippen molar-refractivity contribution in [1.82, 2.24) is 10.3 Å². The largest absolute Gasteiger partial charge is 0.494 e.